The predicted molar refractivity (Wildman–Crippen MR) is 104 cm³/mol. The van der Waals surface area contributed by atoms with Crippen LogP contribution in [0.4, 0.5) is 27.6 Å². The molecule has 2 N–H and O–H groups in total. The molecule has 1 heterocycles. The zero-order chi connectivity index (χ0) is 21.8. The Hall–Kier alpha value is -2.14. The monoisotopic (exact) mass is 456 g/mol. The number of aromatic nitrogens is 2. The highest BCUT2D eigenvalue weighted by Gasteiger charge is 2.38. The number of halogens is 6. The van der Waals surface area contributed by atoms with Crippen molar-refractivity contribution >= 4 is 34.6 Å². The molecule has 2 rings (SSSR count). The molecule has 0 saturated heterocycles. The van der Waals surface area contributed by atoms with E-state index in [0.717, 1.165) is 5.56 Å². The summed E-state index contributed by atoms with van der Waals surface area (Å²) in [6, 6.07) is 4.61. The molecule has 2 aromatic rings. The van der Waals surface area contributed by atoms with E-state index in [0.29, 0.717) is 13.0 Å². The van der Waals surface area contributed by atoms with Gasteiger partial charge in [0.05, 0.1) is 16.4 Å². The molecule has 160 valence electrons. The lowest BCUT2D eigenvalue weighted by Gasteiger charge is -2.15. The van der Waals surface area contributed by atoms with E-state index in [-0.39, 0.29) is 28.8 Å². The van der Waals surface area contributed by atoms with Crippen LogP contribution in [0.15, 0.2) is 18.2 Å². The molecule has 0 bridgehead atoms. The first-order valence-corrected chi connectivity index (χ1v) is 9.18. The summed E-state index contributed by atoms with van der Waals surface area (Å²) in [4.78, 5) is 0. The van der Waals surface area contributed by atoms with Gasteiger partial charge in [0.25, 0.3) is 0 Å². The predicted octanol–water partition coefficient (Wildman–Crippen LogP) is 5.15. The second-order valence-electron chi connectivity index (χ2n) is 6.08. The lowest BCUT2D eigenvalue weighted by molar-refractivity contribution is -0.141. The SMILES string of the molecule is Cc1ccc(OC(F)F)c(NC(=S)NCCCn2nc(C(F)(F)F)c(Cl)c2C)c1. The van der Waals surface area contributed by atoms with Crippen LogP contribution in [0.2, 0.25) is 5.02 Å². The summed E-state index contributed by atoms with van der Waals surface area (Å²) in [7, 11) is 0. The molecule has 0 fully saturated rings. The van der Waals surface area contributed by atoms with Gasteiger partial charge >= 0.3 is 12.8 Å². The van der Waals surface area contributed by atoms with Crippen LogP contribution in [0, 0.1) is 13.8 Å². The first-order valence-electron chi connectivity index (χ1n) is 8.39. The zero-order valence-corrected chi connectivity index (χ0v) is 17.0. The van der Waals surface area contributed by atoms with Crippen molar-refractivity contribution in [3.05, 3.63) is 40.2 Å². The highest BCUT2D eigenvalue weighted by molar-refractivity contribution is 7.80. The molecule has 0 amide bonds. The fourth-order valence-electron chi connectivity index (χ4n) is 2.46. The Morgan fingerprint density at radius 3 is 2.59 bits per heavy atom. The summed E-state index contributed by atoms with van der Waals surface area (Å²) in [5, 5.41) is 8.86. The lowest BCUT2D eigenvalue weighted by Crippen LogP contribution is -2.30. The molecular weight excluding hydrogens is 439 g/mol. The number of rotatable bonds is 7. The van der Waals surface area contributed by atoms with Crippen molar-refractivity contribution in [2.24, 2.45) is 0 Å². The van der Waals surface area contributed by atoms with E-state index in [4.69, 9.17) is 23.8 Å². The van der Waals surface area contributed by atoms with Gasteiger partial charge < -0.3 is 15.4 Å². The molecule has 0 radical (unpaired) electrons. The number of aryl methyl sites for hydroxylation is 2. The largest absolute Gasteiger partial charge is 0.436 e. The van der Waals surface area contributed by atoms with E-state index < -0.39 is 23.5 Å². The maximum atomic E-state index is 12.8. The summed E-state index contributed by atoms with van der Waals surface area (Å²) in [5.41, 5.74) is 0.178. The van der Waals surface area contributed by atoms with Gasteiger partial charge in [-0.05, 0) is 50.2 Å². The van der Waals surface area contributed by atoms with E-state index in [1.165, 1.54) is 17.7 Å². The van der Waals surface area contributed by atoms with E-state index in [1.54, 1.807) is 19.1 Å². The molecule has 12 heteroatoms. The quantitative estimate of drug-likeness (QED) is 0.343. The van der Waals surface area contributed by atoms with Crippen molar-refractivity contribution in [2.45, 2.75) is 39.6 Å². The number of benzene rings is 1. The van der Waals surface area contributed by atoms with E-state index in [2.05, 4.69) is 20.5 Å². The summed E-state index contributed by atoms with van der Waals surface area (Å²) in [5.74, 6) is -0.0590. The van der Waals surface area contributed by atoms with Crippen LogP contribution in [0.5, 0.6) is 5.75 Å². The molecule has 0 saturated carbocycles. The van der Waals surface area contributed by atoms with Crippen LogP contribution >= 0.6 is 23.8 Å². The van der Waals surface area contributed by atoms with Crippen LogP contribution in [0.3, 0.4) is 0 Å². The van der Waals surface area contributed by atoms with Gasteiger partial charge in [0.2, 0.25) is 0 Å². The number of alkyl halides is 5. The first-order chi connectivity index (χ1) is 13.5. The molecule has 1 aromatic heterocycles. The first kappa shape index (κ1) is 23.1. The molecule has 0 aliphatic heterocycles. The van der Waals surface area contributed by atoms with Gasteiger partial charge in [0.15, 0.2) is 10.8 Å². The average molecular weight is 457 g/mol. The van der Waals surface area contributed by atoms with Gasteiger partial charge in [-0.3, -0.25) is 4.68 Å². The molecular formula is C17H18ClF5N4OS. The average Bonchev–Trinajstić information content (AvgIpc) is 2.89. The van der Waals surface area contributed by atoms with E-state index in [9.17, 15) is 22.0 Å². The number of hydrogen-bond donors (Lipinski definition) is 2. The minimum absolute atomic E-state index is 0.0590. The Morgan fingerprint density at radius 2 is 2.00 bits per heavy atom. The maximum absolute atomic E-state index is 12.8. The fourth-order valence-corrected chi connectivity index (χ4v) is 2.92. The molecule has 0 spiro atoms. The van der Waals surface area contributed by atoms with Crippen LogP contribution in [-0.2, 0) is 12.7 Å². The van der Waals surface area contributed by atoms with Crippen molar-refractivity contribution in [3.63, 3.8) is 0 Å². The minimum Gasteiger partial charge on any atom is -0.433 e. The maximum Gasteiger partial charge on any atom is 0.436 e. The number of anilines is 1. The second-order valence-corrected chi connectivity index (χ2v) is 6.87. The van der Waals surface area contributed by atoms with Crippen LogP contribution in [0.25, 0.3) is 0 Å². The third-order valence-electron chi connectivity index (χ3n) is 3.83. The molecule has 0 unspecified atom stereocenters. The van der Waals surface area contributed by atoms with Crippen molar-refractivity contribution in [1.82, 2.24) is 15.1 Å². The minimum atomic E-state index is -4.62. The Labute approximate surface area is 174 Å². The Bertz CT molecular complexity index is 872. The van der Waals surface area contributed by atoms with Crippen LogP contribution in [0.1, 0.15) is 23.4 Å². The number of thiocarbonyl (C=S) groups is 1. The smallest absolute Gasteiger partial charge is 0.433 e. The van der Waals surface area contributed by atoms with Crippen molar-refractivity contribution in [2.75, 3.05) is 11.9 Å². The number of nitrogens with zero attached hydrogens (tertiary/aromatic N) is 2. The summed E-state index contributed by atoms with van der Waals surface area (Å²) in [6.07, 6.45) is -4.23. The van der Waals surface area contributed by atoms with Gasteiger partial charge in [-0.1, -0.05) is 17.7 Å². The molecule has 5 nitrogen and oxygen atoms in total. The molecule has 0 atom stereocenters. The number of ether oxygens (including phenoxy) is 1. The van der Waals surface area contributed by atoms with Gasteiger partial charge in [-0.15, -0.1) is 0 Å². The van der Waals surface area contributed by atoms with Crippen molar-refractivity contribution < 1.29 is 26.7 Å². The Kier molecular flexibility index (Phi) is 7.64. The number of nitrogens with one attached hydrogen (secondary N) is 2. The highest BCUT2D eigenvalue weighted by atomic mass is 35.5. The van der Waals surface area contributed by atoms with Crippen LogP contribution < -0.4 is 15.4 Å². The van der Waals surface area contributed by atoms with Gasteiger partial charge in [-0.2, -0.15) is 27.1 Å². The van der Waals surface area contributed by atoms with E-state index >= 15 is 0 Å². The topological polar surface area (TPSA) is 51.1 Å². The molecule has 0 aliphatic rings. The fraction of sp³-hybridized carbons (Fsp3) is 0.412. The van der Waals surface area contributed by atoms with Crippen molar-refractivity contribution in [1.29, 1.82) is 0 Å². The lowest BCUT2D eigenvalue weighted by atomic mass is 10.2. The third-order valence-corrected chi connectivity index (χ3v) is 4.53. The molecule has 1 aromatic carbocycles. The van der Waals surface area contributed by atoms with Crippen LogP contribution in [-0.4, -0.2) is 28.0 Å². The van der Waals surface area contributed by atoms with Gasteiger partial charge in [0, 0.05) is 13.1 Å². The normalized spacial score (nSPS) is 11.6. The zero-order valence-electron chi connectivity index (χ0n) is 15.4. The highest BCUT2D eigenvalue weighted by Crippen LogP contribution is 2.35. The van der Waals surface area contributed by atoms with Crippen molar-refractivity contribution in [3.8, 4) is 5.75 Å². The van der Waals surface area contributed by atoms with E-state index in [1.807, 2.05) is 0 Å². The Balaban J connectivity index is 1.90. The van der Waals surface area contributed by atoms with Gasteiger partial charge in [-0.25, -0.2) is 0 Å². The standard InChI is InChI=1S/C17H18ClF5N4OS/c1-9-4-5-12(28-15(19)20)11(8-9)25-16(29)24-6-3-7-27-10(2)13(18)14(26-27)17(21,22)23/h4-5,8,15H,3,6-7H2,1-2H3,(H2,24,25,29). The Morgan fingerprint density at radius 1 is 1.31 bits per heavy atom. The second kappa shape index (κ2) is 9.57. The summed E-state index contributed by atoms with van der Waals surface area (Å²) < 4.78 is 69.1. The third kappa shape index (κ3) is 6.43. The number of hydrogen-bond acceptors (Lipinski definition) is 3. The van der Waals surface area contributed by atoms with Gasteiger partial charge in [0.1, 0.15) is 5.75 Å². The summed E-state index contributed by atoms with van der Waals surface area (Å²) in [6.45, 7) is 0.737. The molecule has 29 heavy (non-hydrogen) atoms. The molecule has 0 aliphatic carbocycles. The summed E-state index contributed by atoms with van der Waals surface area (Å²) >= 11 is 10.8.